The fourth-order valence-electron chi connectivity index (χ4n) is 4.26. The van der Waals surface area contributed by atoms with E-state index in [-0.39, 0.29) is 21.9 Å². The summed E-state index contributed by atoms with van der Waals surface area (Å²) in [7, 11) is 1.47. The van der Waals surface area contributed by atoms with Crippen LogP contribution in [0.3, 0.4) is 0 Å². The molecule has 1 aliphatic heterocycles. The van der Waals surface area contributed by atoms with Crippen molar-refractivity contribution < 1.29 is 18.7 Å². The van der Waals surface area contributed by atoms with Gasteiger partial charge in [0, 0.05) is 48.5 Å². The van der Waals surface area contributed by atoms with E-state index in [0.29, 0.717) is 54.5 Å². The van der Waals surface area contributed by atoms with Crippen LogP contribution in [0.25, 0.3) is 11.0 Å². The molecule has 0 radical (unpaired) electrons. The van der Waals surface area contributed by atoms with Crippen LogP contribution in [-0.4, -0.2) is 50.0 Å². The average Bonchev–Trinajstić information content (AvgIpc) is 3.33. The number of nitrogens with zero attached hydrogens (tertiary/aromatic N) is 2. The molecule has 0 unspecified atom stereocenters. The maximum Gasteiger partial charge on any atom is 0.289 e. The summed E-state index contributed by atoms with van der Waals surface area (Å²) in [5, 5.41) is 4.31. The molecule has 2 heterocycles. The second kappa shape index (κ2) is 10.1. The van der Waals surface area contributed by atoms with Gasteiger partial charge in [-0.3, -0.25) is 9.59 Å². The number of piperazine rings is 1. The van der Waals surface area contributed by atoms with Crippen molar-refractivity contribution >= 4 is 57.4 Å². The molecule has 0 spiro atoms. The molecule has 0 bridgehead atoms. The number of furan rings is 1. The minimum absolute atomic E-state index is 0.0948. The molecule has 1 aromatic heterocycles. The number of para-hydroxylation sites is 1. The average molecular weight is 524 g/mol. The molecule has 1 fully saturated rings. The highest BCUT2D eigenvalue weighted by molar-refractivity contribution is 6.37. The molecule has 1 N–H and O–H groups in total. The predicted molar refractivity (Wildman–Crippen MR) is 142 cm³/mol. The number of methoxy groups -OCH3 is 1. The third-order valence-corrected chi connectivity index (χ3v) is 6.72. The number of fused-ring (bicyclic) bond motifs is 1. The summed E-state index contributed by atoms with van der Waals surface area (Å²) in [5.74, 6) is 0.275. The molecular formula is C27H23Cl2N3O4. The van der Waals surface area contributed by atoms with Crippen molar-refractivity contribution in [1.82, 2.24) is 4.90 Å². The van der Waals surface area contributed by atoms with Gasteiger partial charge >= 0.3 is 0 Å². The van der Waals surface area contributed by atoms with Gasteiger partial charge in [0.25, 0.3) is 11.8 Å². The van der Waals surface area contributed by atoms with Crippen molar-refractivity contribution in [3.63, 3.8) is 0 Å². The Balaban J connectivity index is 1.19. The maximum absolute atomic E-state index is 12.9. The van der Waals surface area contributed by atoms with Gasteiger partial charge < -0.3 is 24.3 Å². The van der Waals surface area contributed by atoms with E-state index in [2.05, 4.69) is 10.2 Å². The number of carbonyl (C=O) groups is 2. The zero-order valence-electron chi connectivity index (χ0n) is 19.5. The van der Waals surface area contributed by atoms with Crippen molar-refractivity contribution in [3.05, 3.63) is 88.1 Å². The topological polar surface area (TPSA) is 75.0 Å². The van der Waals surface area contributed by atoms with Crippen LogP contribution >= 0.6 is 23.2 Å². The Morgan fingerprint density at radius 3 is 2.22 bits per heavy atom. The predicted octanol–water partition coefficient (Wildman–Crippen LogP) is 5.96. The number of rotatable bonds is 5. The Kier molecular flexibility index (Phi) is 6.76. The summed E-state index contributed by atoms with van der Waals surface area (Å²) in [6.45, 7) is 2.57. The van der Waals surface area contributed by atoms with Gasteiger partial charge in [0.15, 0.2) is 11.5 Å². The van der Waals surface area contributed by atoms with Crippen LogP contribution < -0.4 is 15.0 Å². The van der Waals surface area contributed by atoms with Crippen molar-refractivity contribution in [1.29, 1.82) is 0 Å². The summed E-state index contributed by atoms with van der Waals surface area (Å²) in [4.78, 5) is 29.6. The second-order valence-corrected chi connectivity index (χ2v) is 9.22. The van der Waals surface area contributed by atoms with E-state index < -0.39 is 0 Å². The highest BCUT2D eigenvalue weighted by Crippen LogP contribution is 2.34. The minimum Gasteiger partial charge on any atom is -0.494 e. The molecule has 5 rings (SSSR count). The van der Waals surface area contributed by atoms with Crippen LogP contribution in [0.15, 0.2) is 71.1 Å². The van der Waals surface area contributed by atoms with Crippen molar-refractivity contribution in [2.24, 2.45) is 0 Å². The molecule has 184 valence electrons. The Labute approximate surface area is 218 Å². The third-order valence-electron chi connectivity index (χ3n) is 6.16. The van der Waals surface area contributed by atoms with Crippen molar-refractivity contribution in [2.75, 3.05) is 43.5 Å². The highest BCUT2D eigenvalue weighted by atomic mass is 35.5. The van der Waals surface area contributed by atoms with Gasteiger partial charge in [0.2, 0.25) is 0 Å². The lowest BCUT2D eigenvalue weighted by Crippen LogP contribution is -2.48. The van der Waals surface area contributed by atoms with Crippen molar-refractivity contribution in [3.8, 4) is 5.75 Å². The number of halogens is 2. The Hall–Kier alpha value is -3.68. The summed E-state index contributed by atoms with van der Waals surface area (Å²) < 4.78 is 10.9. The summed E-state index contributed by atoms with van der Waals surface area (Å²) in [6.07, 6.45) is 0. The van der Waals surface area contributed by atoms with Crippen LogP contribution in [0.1, 0.15) is 20.9 Å². The zero-order valence-corrected chi connectivity index (χ0v) is 21.0. The van der Waals surface area contributed by atoms with Crippen molar-refractivity contribution in [2.45, 2.75) is 0 Å². The molecule has 4 aromatic rings. The van der Waals surface area contributed by atoms with Gasteiger partial charge in [-0.05, 0) is 48.5 Å². The molecule has 9 heteroatoms. The molecule has 1 saturated heterocycles. The lowest BCUT2D eigenvalue weighted by molar-refractivity contribution is 0.0717. The number of amides is 2. The van der Waals surface area contributed by atoms with Crippen LogP contribution in [0.5, 0.6) is 5.75 Å². The number of hydrogen-bond acceptors (Lipinski definition) is 5. The maximum atomic E-state index is 12.9. The first-order valence-electron chi connectivity index (χ1n) is 11.4. The summed E-state index contributed by atoms with van der Waals surface area (Å²) in [5.41, 5.74) is 2.70. The number of benzene rings is 3. The SMILES string of the molecule is COc1c(Cl)cc(C(=O)Nc2ccc(N3CCN(C(=O)c4cc5ccccc5o4)CC3)cc2)cc1Cl. The van der Waals surface area contributed by atoms with Crippen LogP contribution in [0, 0.1) is 0 Å². The zero-order chi connectivity index (χ0) is 25.2. The number of anilines is 2. The van der Waals surface area contributed by atoms with Gasteiger partial charge in [-0.2, -0.15) is 0 Å². The van der Waals surface area contributed by atoms with Crippen LogP contribution in [-0.2, 0) is 0 Å². The molecule has 3 aromatic carbocycles. The van der Waals surface area contributed by atoms with Gasteiger partial charge in [-0.15, -0.1) is 0 Å². The largest absolute Gasteiger partial charge is 0.494 e. The van der Waals surface area contributed by atoms with Crippen LogP contribution in [0.4, 0.5) is 11.4 Å². The number of carbonyl (C=O) groups excluding carboxylic acids is 2. The monoisotopic (exact) mass is 523 g/mol. The van der Waals surface area contributed by atoms with Gasteiger partial charge in [-0.1, -0.05) is 41.4 Å². The molecule has 1 aliphatic rings. The fourth-order valence-corrected chi connectivity index (χ4v) is 4.90. The highest BCUT2D eigenvalue weighted by Gasteiger charge is 2.25. The second-order valence-electron chi connectivity index (χ2n) is 8.40. The molecule has 2 amide bonds. The van der Waals surface area contributed by atoms with Gasteiger partial charge in [-0.25, -0.2) is 0 Å². The Morgan fingerprint density at radius 2 is 1.58 bits per heavy atom. The first-order valence-corrected chi connectivity index (χ1v) is 12.2. The molecular weight excluding hydrogens is 501 g/mol. The fraction of sp³-hybridized carbons (Fsp3) is 0.185. The lowest BCUT2D eigenvalue weighted by Gasteiger charge is -2.35. The van der Waals surface area contributed by atoms with Crippen LogP contribution in [0.2, 0.25) is 10.0 Å². The Morgan fingerprint density at radius 1 is 0.917 bits per heavy atom. The Bertz CT molecular complexity index is 1370. The summed E-state index contributed by atoms with van der Waals surface area (Å²) in [6, 6.07) is 20.0. The lowest BCUT2D eigenvalue weighted by atomic mass is 10.2. The standard InChI is InChI=1S/C27H23Cl2N3O4/c1-35-25-21(28)14-18(15-22(25)29)26(33)30-19-6-8-20(9-7-19)31-10-12-32(13-11-31)27(34)24-16-17-4-2-3-5-23(17)36-24/h2-9,14-16H,10-13H2,1H3,(H,30,33). The number of hydrogen-bond donors (Lipinski definition) is 1. The molecule has 0 atom stereocenters. The normalized spacial score (nSPS) is 13.6. The van der Waals surface area contributed by atoms with E-state index >= 15 is 0 Å². The number of ether oxygens (including phenoxy) is 1. The molecule has 0 aliphatic carbocycles. The van der Waals surface area contributed by atoms with E-state index in [0.717, 1.165) is 11.1 Å². The van der Waals surface area contributed by atoms with E-state index in [1.807, 2.05) is 53.4 Å². The smallest absolute Gasteiger partial charge is 0.289 e. The first-order chi connectivity index (χ1) is 17.4. The van der Waals surface area contributed by atoms with E-state index in [1.54, 1.807) is 6.07 Å². The van der Waals surface area contributed by atoms with Gasteiger partial charge in [0.05, 0.1) is 17.2 Å². The molecule has 0 saturated carbocycles. The quantitative estimate of drug-likeness (QED) is 0.349. The first kappa shape index (κ1) is 24.0. The van der Waals surface area contributed by atoms with E-state index in [9.17, 15) is 9.59 Å². The van der Waals surface area contributed by atoms with E-state index in [4.69, 9.17) is 32.4 Å². The third kappa shape index (κ3) is 4.85. The molecule has 7 nitrogen and oxygen atoms in total. The van der Waals surface area contributed by atoms with E-state index in [1.165, 1.54) is 19.2 Å². The minimum atomic E-state index is -0.327. The molecule has 36 heavy (non-hydrogen) atoms. The number of nitrogens with one attached hydrogen (secondary N) is 1. The summed E-state index contributed by atoms with van der Waals surface area (Å²) >= 11 is 12.3. The van der Waals surface area contributed by atoms with Gasteiger partial charge in [0.1, 0.15) is 5.58 Å².